The van der Waals surface area contributed by atoms with Crippen LogP contribution in [-0.4, -0.2) is 4.98 Å². The van der Waals surface area contributed by atoms with E-state index in [9.17, 15) is 0 Å². The van der Waals surface area contributed by atoms with Crippen LogP contribution >= 0.6 is 11.3 Å². The summed E-state index contributed by atoms with van der Waals surface area (Å²) >= 11 is 1.70. The van der Waals surface area contributed by atoms with Crippen molar-refractivity contribution < 1.29 is 0 Å². The van der Waals surface area contributed by atoms with Gasteiger partial charge in [-0.3, -0.25) is 0 Å². The van der Waals surface area contributed by atoms with Crippen molar-refractivity contribution in [2.45, 2.75) is 13.3 Å². The van der Waals surface area contributed by atoms with Crippen LogP contribution in [0.2, 0.25) is 0 Å². The molecule has 1 aromatic heterocycles. The maximum atomic E-state index is 4.50. The highest BCUT2D eigenvalue weighted by molar-refractivity contribution is 7.19. The molecule has 0 aliphatic heterocycles. The molecule has 2 rings (SSSR count). The van der Waals surface area contributed by atoms with E-state index in [4.69, 9.17) is 0 Å². The number of fused-ring (bicyclic) bond motifs is 1. The van der Waals surface area contributed by atoms with Gasteiger partial charge >= 0.3 is 0 Å². The summed E-state index contributed by atoms with van der Waals surface area (Å²) in [5.74, 6) is 0. The van der Waals surface area contributed by atoms with Gasteiger partial charge in [-0.25, -0.2) is 4.98 Å². The summed E-state index contributed by atoms with van der Waals surface area (Å²) in [4.78, 5) is 4.50. The van der Waals surface area contributed by atoms with Crippen molar-refractivity contribution in [1.82, 2.24) is 4.98 Å². The summed E-state index contributed by atoms with van der Waals surface area (Å²) in [5, 5.41) is 1.01. The Hall–Kier alpha value is -1.15. The Bertz CT molecular complexity index is 442. The summed E-state index contributed by atoms with van der Waals surface area (Å²) in [5.41, 5.74) is 2.46. The molecule has 13 heavy (non-hydrogen) atoms. The van der Waals surface area contributed by atoms with Gasteiger partial charge in [0.25, 0.3) is 0 Å². The number of thiazole rings is 1. The van der Waals surface area contributed by atoms with E-state index in [2.05, 4.69) is 36.7 Å². The second-order valence-corrected chi connectivity index (χ2v) is 3.94. The molecule has 0 fully saturated rings. The molecule has 0 N–H and O–H groups in total. The third-order valence-corrected chi connectivity index (χ3v) is 3.09. The van der Waals surface area contributed by atoms with E-state index in [1.165, 1.54) is 10.3 Å². The lowest BCUT2D eigenvalue weighted by molar-refractivity contribution is 1.15. The lowest BCUT2D eigenvalue weighted by Crippen LogP contribution is -1.81. The molecule has 0 aliphatic rings. The summed E-state index contributed by atoms with van der Waals surface area (Å²) in [6.45, 7) is 5.88. The zero-order valence-corrected chi connectivity index (χ0v) is 8.40. The first-order valence-corrected chi connectivity index (χ1v) is 5.17. The van der Waals surface area contributed by atoms with Crippen LogP contribution in [0.5, 0.6) is 0 Å². The number of aryl methyl sites for hydroxylation is 1. The number of aromatic nitrogens is 1. The summed E-state index contributed by atoms with van der Waals surface area (Å²) in [6.07, 6.45) is 2.85. The smallest absolute Gasteiger partial charge is 0.116 e. The summed E-state index contributed by atoms with van der Waals surface area (Å²) < 4.78 is 1.26. The molecule has 0 aliphatic carbocycles. The van der Waals surface area contributed by atoms with Crippen molar-refractivity contribution in [3.8, 4) is 0 Å². The summed E-state index contributed by atoms with van der Waals surface area (Å²) in [6, 6.07) is 6.33. The van der Waals surface area contributed by atoms with Gasteiger partial charge in [0.15, 0.2) is 0 Å². The van der Waals surface area contributed by atoms with Crippen LogP contribution in [0.25, 0.3) is 16.3 Å². The van der Waals surface area contributed by atoms with Crippen molar-refractivity contribution >= 4 is 27.6 Å². The topological polar surface area (TPSA) is 12.9 Å². The van der Waals surface area contributed by atoms with Gasteiger partial charge in [0.2, 0.25) is 0 Å². The minimum absolute atomic E-state index is 1.01. The Kier molecular flexibility index (Phi) is 2.15. The van der Waals surface area contributed by atoms with Crippen LogP contribution in [0.3, 0.4) is 0 Å². The average molecular weight is 189 g/mol. The van der Waals surface area contributed by atoms with Crippen molar-refractivity contribution in [2.24, 2.45) is 0 Å². The Morgan fingerprint density at radius 2 is 2.38 bits per heavy atom. The Balaban J connectivity index is 2.74. The number of rotatable bonds is 2. The molecular formula is C11H11NS. The largest absolute Gasteiger partial charge is 0.236 e. The standard InChI is InChI=1S/C11H11NS/c1-3-8-6-5-7-9-11(8)12-10(4-2)13-9/h4-7H,2-3H2,1H3. The molecule has 0 atom stereocenters. The molecule has 1 nitrogen and oxygen atoms in total. The molecular weight excluding hydrogens is 178 g/mol. The predicted octanol–water partition coefficient (Wildman–Crippen LogP) is 3.50. The van der Waals surface area contributed by atoms with Crippen molar-refractivity contribution in [3.05, 3.63) is 35.3 Å². The Morgan fingerprint density at radius 3 is 3.08 bits per heavy atom. The number of hydrogen-bond donors (Lipinski definition) is 0. The summed E-state index contributed by atoms with van der Waals surface area (Å²) in [7, 11) is 0. The van der Waals surface area contributed by atoms with Gasteiger partial charge in [-0.05, 0) is 24.1 Å². The van der Waals surface area contributed by atoms with E-state index in [1.807, 2.05) is 6.08 Å². The first kappa shape index (κ1) is 8.45. The average Bonchev–Trinajstić information content (AvgIpc) is 2.59. The van der Waals surface area contributed by atoms with Gasteiger partial charge in [-0.1, -0.05) is 25.6 Å². The number of para-hydroxylation sites is 1. The Morgan fingerprint density at radius 1 is 1.54 bits per heavy atom. The first-order chi connectivity index (χ1) is 6.35. The predicted molar refractivity (Wildman–Crippen MR) is 59.1 cm³/mol. The molecule has 0 saturated carbocycles. The lowest BCUT2D eigenvalue weighted by atomic mass is 10.1. The number of benzene rings is 1. The molecule has 0 unspecified atom stereocenters. The van der Waals surface area contributed by atoms with Crippen LogP contribution in [-0.2, 0) is 6.42 Å². The molecule has 0 spiro atoms. The number of hydrogen-bond acceptors (Lipinski definition) is 2. The Labute approximate surface area is 81.7 Å². The van der Waals surface area contributed by atoms with Crippen molar-refractivity contribution in [2.75, 3.05) is 0 Å². The molecule has 0 amide bonds. The second-order valence-electron chi connectivity index (χ2n) is 2.87. The third kappa shape index (κ3) is 1.38. The highest BCUT2D eigenvalue weighted by Gasteiger charge is 2.03. The highest BCUT2D eigenvalue weighted by Crippen LogP contribution is 2.25. The van der Waals surface area contributed by atoms with E-state index >= 15 is 0 Å². The van der Waals surface area contributed by atoms with Crippen LogP contribution < -0.4 is 0 Å². The molecule has 0 radical (unpaired) electrons. The fourth-order valence-corrected chi connectivity index (χ4v) is 2.26. The minimum atomic E-state index is 1.01. The molecule has 66 valence electrons. The molecule has 1 aromatic carbocycles. The van der Waals surface area contributed by atoms with E-state index in [0.717, 1.165) is 16.9 Å². The van der Waals surface area contributed by atoms with Crippen LogP contribution in [0.15, 0.2) is 24.8 Å². The van der Waals surface area contributed by atoms with E-state index < -0.39 is 0 Å². The minimum Gasteiger partial charge on any atom is -0.236 e. The lowest BCUT2D eigenvalue weighted by Gasteiger charge is -1.95. The second kappa shape index (κ2) is 3.30. The van der Waals surface area contributed by atoms with Crippen molar-refractivity contribution in [1.29, 1.82) is 0 Å². The fraction of sp³-hybridized carbons (Fsp3) is 0.182. The van der Waals surface area contributed by atoms with Crippen molar-refractivity contribution in [3.63, 3.8) is 0 Å². The van der Waals surface area contributed by atoms with Crippen LogP contribution in [0.4, 0.5) is 0 Å². The first-order valence-electron chi connectivity index (χ1n) is 4.36. The van der Waals surface area contributed by atoms with Gasteiger partial charge in [-0.15, -0.1) is 11.3 Å². The number of nitrogens with zero attached hydrogens (tertiary/aromatic N) is 1. The van der Waals surface area contributed by atoms with E-state index in [0.29, 0.717) is 0 Å². The third-order valence-electron chi connectivity index (χ3n) is 2.07. The highest BCUT2D eigenvalue weighted by atomic mass is 32.1. The molecule has 0 bridgehead atoms. The van der Waals surface area contributed by atoms with Gasteiger partial charge in [0.05, 0.1) is 10.2 Å². The van der Waals surface area contributed by atoms with Crippen LogP contribution in [0.1, 0.15) is 17.5 Å². The quantitative estimate of drug-likeness (QED) is 0.704. The van der Waals surface area contributed by atoms with Gasteiger partial charge in [-0.2, -0.15) is 0 Å². The maximum absolute atomic E-state index is 4.50. The van der Waals surface area contributed by atoms with E-state index in [-0.39, 0.29) is 0 Å². The van der Waals surface area contributed by atoms with Gasteiger partial charge < -0.3 is 0 Å². The molecule has 0 saturated heterocycles. The fourth-order valence-electron chi connectivity index (χ4n) is 1.40. The van der Waals surface area contributed by atoms with Gasteiger partial charge in [0, 0.05) is 0 Å². The molecule has 2 heteroatoms. The zero-order valence-electron chi connectivity index (χ0n) is 7.58. The molecule has 1 heterocycles. The maximum Gasteiger partial charge on any atom is 0.116 e. The zero-order chi connectivity index (χ0) is 9.26. The van der Waals surface area contributed by atoms with E-state index in [1.54, 1.807) is 11.3 Å². The van der Waals surface area contributed by atoms with Crippen LogP contribution in [0, 0.1) is 0 Å². The molecule has 2 aromatic rings. The van der Waals surface area contributed by atoms with Gasteiger partial charge in [0.1, 0.15) is 5.01 Å². The monoisotopic (exact) mass is 189 g/mol. The normalized spacial score (nSPS) is 10.5. The SMILES string of the molecule is C=Cc1nc2c(CC)cccc2s1.